The first-order chi connectivity index (χ1) is 6.54. The van der Waals surface area contributed by atoms with Crippen molar-refractivity contribution in [3.63, 3.8) is 0 Å². The Hall–Kier alpha value is -0.810. The number of carboxylic acid groups (broad SMARTS) is 1. The van der Waals surface area contributed by atoms with Crippen molar-refractivity contribution in [3.05, 3.63) is 11.1 Å². The Bertz CT molecular complexity index is 350. The summed E-state index contributed by atoms with van der Waals surface area (Å²) in [5.74, 6) is -0.887. The number of carbonyl (C=O) groups is 2. The lowest BCUT2D eigenvalue weighted by molar-refractivity contribution is -0.138. The second-order valence-electron chi connectivity index (χ2n) is 3.68. The summed E-state index contributed by atoms with van der Waals surface area (Å²) in [5, 5.41) is 8.96. The molecule has 0 saturated heterocycles. The fourth-order valence-electron chi connectivity index (χ4n) is 2.01. The van der Waals surface area contributed by atoms with Crippen LogP contribution in [-0.2, 0) is 9.59 Å². The summed E-state index contributed by atoms with van der Waals surface area (Å²) < 4.78 is 0. The number of ketones is 1. The quantitative estimate of drug-likeness (QED) is 0.642. The molecule has 0 aromatic carbocycles. The molecule has 5 heteroatoms. The van der Waals surface area contributed by atoms with E-state index in [1.54, 1.807) is 18.7 Å². The first kappa shape index (κ1) is 9.73. The zero-order valence-electron chi connectivity index (χ0n) is 7.69. The molecule has 1 fully saturated rings. The van der Waals surface area contributed by atoms with Crippen LogP contribution >= 0.6 is 11.8 Å². The number of nitrogens with two attached hydrogens (primary N) is 1. The number of aliphatic carboxylic acids is 1. The maximum atomic E-state index is 11.4. The monoisotopic (exact) mass is 213 g/mol. The van der Waals surface area contributed by atoms with E-state index >= 15 is 0 Å². The molecule has 0 radical (unpaired) electrons. The number of hydrogen-bond donors (Lipinski definition) is 2. The highest BCUT2D eigenvalue weighted by Gasteiger charge is 2.53. The van der Waals surface area contributed by atoms with Crippen molar-refractivity contribution in [2.24, 2.45) is 11.7 Å². The third-order valence-electron chi connectivity index (χ3n) is 2.81. The summed E-state index contributed by atoms with van der Waals surface area (Å²) in [6.07, 6.45) is 0. The van der Waals surface area contributed by atoms with Crippen LogP contribution in [0.15, 0.2) is 11.1 Å². The molecular formula is C9H11NO3S. The number of hydrogen-bond acceptors (Lipinski definition) is 4. The highest BCUT2D eigenvalue weighted by Crippen LogP contribution is 2.44. The molecular weight excluding hydrogens is 202 g/mol. The van der Waals surface area contributed by atoms with E-state index in [0.717, 1.165) is 5.57 Å². The van der Waals surface area contributed by atoms with Gasteiger partial charge in [0.15, 0.2) is 5.78 Å². The van der Waals surface area contributed by atoms with Crippen LogP contribution in [0.2, 0.25) is 0 Å². The SMILES string of the molecule is CC1=C(C(=O)O)C2C(=O)C(N)C2SC1. The Labute approximate surface area is 85.5 Å². The van der Waals surface area contributed by atoms with Crippen molar-refractivity contribution in [2.75, 3.05) is 5.75 Å². The molecule has 2 aliphatic rings. The van der Waals surface area contributed by atoms with Crippen molar-refractivity contribution >= 4 is 23.5 Å². The molecule has 76 valence electrons. The summed E-state index contributed by atoms with van der Waals surface area (Å²) >= 11 is 1.59. The maximum absolute atomic E-state index is 11.4. The molecule has 1 saturated carbocycles. The van der Waals surface area contributed by atoms with Crippen molar-refractivity contribution in [3.8, 4) is 0 Å². The van der Waals surface area contributed by atoms with Crippen LogP contribution in [0, 0.1) is 5.92 Å². The maximum Gasteiger partial charge on any atom is 0.332 e. The summed E-state index contributed by atoms with van der Waals surface area (Å²) in [7, 11) is 0. The predicted molar refractivity (Wildman–Crippen MR) is 53.1 cm³/mol. The van der Waals surface area contributed by atoms with Gasteiger partial charge in [-0.05, 0) is 6.92 Å². The normalized spacial score (nSPS) is 36.4. The zero-order chi connectivity index (χ0) is 10.5. The first-order valence-electron chi connectivity index (χ1n) is 4.38. The van der Waals surface area contributed by atoms with Gasteiger partial charge in [0.05, 0.1) is 12.0 Å². The van der Waals surface area contributed by atoms with Gasteiger partial charge in [0, 0.05) is 16.6 Å². The molecule has 4 nitrogen and oxygen atoms in total. The highest BCUT2D eigenvalue weighted by molar-refractivity contribution is 8.00. The van der Waals surface area contributed by atoms with E-state index in [9.17, 15) is 9.59 Å². The van der Waals surface area contributed by atoms with Crippen molar-refractivity contribution in [1.82, 2.24) is 0 Å². The van der Waals surface area contributed by atoms with E-state index in [4.69, 9.17) is 10.8 Å². The van der Waals surface area contributed by atoms with Crippen LogP contribution < -0.4 is 5.73 Å². The summed E-state index contributed by atoms with van der Waals surface area (Å²) in [6, 6.07) is -0.465. The molecule has 1 aliphatic heterocycles. The van der Waals surface area contributed by atoms with E-state index < -0.39 is 17.9 Å². The second kappa shape index (κ2) is 3.10. The van der Waals surface area contributed by atoms with Crippen LogP contribution in [-0.4, -0.2) is 33.9 Å². The lowest BCUT2D eigenvalue weighted by Crippen LogP contribution is -2.62. The number of rotatable bonds is 1. The summed E-state index contributed by atoms with van der Waals surface area (Å²) in [4.78, 5) is 22.4. The zero-order valence-corrected chi connectivity index (χ0v) is 8.50. The van der Waals surface area contributed by atoms with Gasteiger partial charge >= 0.3 is 5.97 Å². The Morgan fingerprint density at radius 1 is 1.64 bits per heavy atom. The molecule has 3 N–H and O–H groups in total. The Kier molecular flexibility index (Phi) is 2.16. The molecule has 0 aromatic heterocycles. The average Bonchev–Trinajstić information content (AvgIpc) is 2.15. The van der Waals surface area contributed by atoms with Gasteiger partial charge in [-0.25, -0.2) is 4.79 Å². The van der Waals surface area contributed by atoms with Crippen molar-refractivity contribution in [1.29, 1.82) is 0 Å². The molecule has 0 spiro atoms. The van der Waals surface area contributed by atoms with Crippen LogP contribution in [0.1, 0.15) is 6.92 Å². The third kappa shape index (κ3) is 1.12. The van der Waals surface area contributed by atoms with Gasteiger partial charge in [0.2, 0.25) is 0 Å². The van der Waals surface area contributed by atoms with Gasteiger partial charge in [-0.15, -0.1) is 0 Å². The minimum absolute atomic E-state index is 0.0164. The standard InChI is InChI=1S/C9H11NO3S/c1-3-2-14-8-5(4(3)9(12)13)7(11)6(8)10/h5-6,8H,2,10H2,1H3,(H,12,13). The fourth-order valence-corrected chi connectivity index (χ4v) is 3.41. The molecule has 2 rings (SSSR count). The van der Waals surface area contributed by atoms with E-state index in [-0.39, 0.29) is 16.6 Å². The molecule has 1 aliphatic carbocycles. The summed E-state index contributed by atoms with van der Waals surface area (Å²) in [5.41, 5.74) is 6.67. The van der Waals surface area contributed by atoms with E-state index in [1.165, 1.54) is 0 Å². The number of Topliss-reactive ketones (excluding diaryl/α,β-unsaturated/α-hetero) is 1. The minimum atomic E-state index is -0.974. The third-order valence-corrected chi connectivity index (χ3v) is 4.36. The largest absolute Gasteiger partial charge is 0.478 e. The number of carboxylic acids is 1. The Balaban J connectivity index is 2.37. The molecule has 0 bridgehead atoms. The lowest BCUT2D eigenvalue weighted by atomic mass is 9.72. The van der Waals surface area contributed by atoms with Gasteiger partial charge in [-0.3, -0.25) is 4.79 Å². The van der Waals surface area contributed by atoms with Crippen LogP contribution in [0.3, 0.4) is 0 Å². The Morgan fingerprint density at radius 3 is 2.86 bits per heavy atom. The minimum Gasteiger partial charge on any atom is -0.478 e. The van der Waals surface area contributed by atoms with Crippen LogP contribution in [0.25, 0.3) is 0 Å². The second-order valence-corrected chi connectivity index (χ2v) is 4.85. The first-order valence-corrected chi connectivity index (χ1v) is 5.42. The topological polar surface area (TPSA) is 80.4 Å². The summed E-state index contributed by atoms with van der Waals surface area (Å²) in [6.45, 7) is 1.77. The molecule has 0 amide bonds. The number of carbonyl (C=O) groups excluding carboxylic acids is 1. The van der Waals surface area contributed by atoms with Crippen molar-refractivity contribution < 1.29 is 14.7 Å². The molecule has 3 unspecified atom stereocenters. The lowest BCUT2D eigenvalue weighted by Gasteiger charge is -2.43. The van der Waals surface area contributed by atoms with Gasteiger partial charge in [0.1, 0.15) is 0 Å². The average molecular weight is 213 g/mol. The van der Waals surface area contributed by atoms with E-state index in [2.05, 4.69) is 0 Å². The van der Waals surface area contributed by atoms with Crippen molar-refractivity contribution in [2.45, 2.75) is 18.2 Å². The van der Waals surface area contributed by atoms with Gasteiger partial charge < -0.3 is 10.8 Å². The van der Waals surface area contributed by atoms with Gasteiger partial charge in [-0.1, -0.05) is 5.57 Å². The molecule has 14 heavy (non-hydrogen) atoms. The highest BCUT2D eigenvalue weighted by atomic mass is 32.2. The predicted octanol–water partition coefficient (Wildman–Crippen LogP) is 0.0291. The fraction of sp³-hybridized carbons (Fsp3) is 0.556. The van der Waals surface area contributed by atoms with E-state index in [1.807, 2.05) is 0 Å². The number of fused-ring (bicyclic) bond motifs is 1. The Morgan fingerprint density at radius 2 is 2.29 bits per heavy atom. The van der Waals surface area contributed by atoms with Crippen LogP contribution in [0.5, 0.6) is 0 Å². The van der Waals surface area contributed by atoms with Crippen LogP contribution in [0.4, 0.5) is 0 Å². The molecule has 3 atom stereocenters. The van der Waals surface area contributed by atoms with E-state index in [0.29, 0.717) is 5.75 Å². The number of thioether (sulfide) groups is 1. The molecule has 0 aromatic rings. The van der Waals surface area contributed by atoms with Gasteiger partial charge in [-0.2, -0.15) is 11.8 Å². The molecule has 1 heterocycles. The van der Waals surface area contributed by atoms with Gasteiger partial charge in [0.25, 0.3) is 0 Å². The smallest absolute Gasteiger partial charge is 0.332 e.